The predicted octanol–water partition coefficient (Wildman–Crippen LogP) is 6.52. The average Bonchev–Trinajstić information content (AvgIpc) is 3.24. The highest BCUT2D eigenvalue weighted by atomic mass is 16.5. The largest absolute Gasteiger partial charge is 0.497 e. The molecule has 0 aliphatic heterocycles. The minimum absolute atomic E-state index is 0.0996. The highest BCUT2D eigenvalue weighted by Gasteiger charge is 2.60. The average molecular weight is 477 g/mol. The number of hydrogen-bond donors (Lipinski definition) is 0. The molecule has 35 heavy (non-hydrogen) atoms. The molecule has 0 N–H and O–H groups in total. The van der Waals surface area contributed by atoms with Crippen LogP contribution in [-0.4, -0.2) is 25.8 Å². The molecule has 2 fully saturated rings. The van der Waals surface area contributed by atoms with E-state index in [0.717, 1.165) is 62.9 Å². The topological polar surface area (TPSA) is 52.6 Å². The van der Waals surface area contributed by atoms with Crippen LogP contribution in [-0.2, 0) is 16.0 Å². The summed E-state index contributed by atoms with van der Waals surface area (Å²) in [6.07, 6.45) is 15.8. The Labute approximate surface area is 210 Å². The fraction of sp³-hybridized carbons (Fsp3) is 0.613. The minimum Gasteiger partial charge on any atom is -0.497 e. The molecular formula is C31H40O4. The van der Waals surface area contributed by atoms with Crippen LogP contribution in [0.15, 0.2) is 42.0 Å². The number of rotatable bonds is 7. The molecule has 4 aliphatic carbocycles. The molecule has 5 rings (SSSR count). The molecule has 4 nitrogen and oxygen atoms in total. The van der Waals surface area contributed by atoms with E-state index in [9.17, 15) is 9.59 Å². The lowest BCUT2D eigenvalue weighted by Crippen LogP contribution is -2.50. The van der Waals surface area contributed by atoms with Crippen LogP contribution in [0.4, 0.5) is 0 Å². The Morgan fingerprint density at radius 2 is 1.77 bits per heavy atom. The zero-order chi connectivity index (χ0) is 24.8. The van der Waals surface area contributed by atoms with E-state index >= 15 is 0 Å². The molecule has 0 saturated heterocycles. The van der Waals surface area contributed by atoms with E-state index in [4.69, 9.17) is 9.47 Å². The van der Waals surface area contributed by atoms with E-state index < -0.39 is 0 Å². The first-order chi connectivity index (χ1) is 16.8. The number of carbonyl (C=O) groups excluding carboxylic acids is 2. The van der Waals surface area contributed by atoms with Gasteiger partial charge in [-0.05, 0) is 116 Å². The maximum absolute atomic E-state index is 12.9. The van der Waals surface area contributed by atoms with Crippen LogP contribution in [0, 0.1) is 34.5 Å². The van der Waals surface area contributed by atoms with Gasteiger partial charge in [-0.3, -0.25) is 9.59 Å². The smallest absolute Gasteiger partial charge is 0.156 e. The third-order valence-corrected chi connectivity index (χ3v) is 10.2. The fourth-order valence-corrected chi connectivity index (χ4v) is 8.54. The molecule has 1 aromatic carbocycles. The number of aryl methyl sites for hydroxylation is 1. The summed E-state index contributed by atoms with van der Waals surface area (Å²) in [6, 6.07) is 6.13. The number of hydrogen-bond acceptors (Lipinski definition) is 4. The molecule has 6 atom stereocenters. The molecular weight excluding hydrogens is 436 g/mol. The first-order valence-corrected chi connectivity index (χ1v) is 13.5. The molecule has 0 aromatic heterocycles. The SMILES string of the molecule is COc1cc(CCC[C@]23CC[C@H]4[C@@H](C=CC5=CC(=O)CC[C@@]54C)[C@@H]2CC[C@@H]3C(C)=O)cc(OC)c1. The summed E-state index contributed by atoms with van der Waals surface area (Å²) in [5, 5.41) is 0. The summed E-state index contributed by atoms with van der Waals surface area (Å²) in [7, 11) is 3.38. The molecule has 4 aliphatic rings. The van der Waals surface area contributed by atoms with Crippen LogP contribution in [0.1, 0.15) is 70.8 Å². The van der Waals surface area contributed by atoms with Gasteiger partial charge in [-0.25, -0.2) is 0 Å². The van der Waals surface area contributed by atoms with Gasteiger partial charge >= 0.3 is 0 Å². The van der Waals surface area contributed by atoms with Crippen LogP contribution in [0.25, 0.3) is 0 Å². The van der Waals surface area contributed by atoms with Crippen molar-refractivity contribution in [2.75, 3.05) is 14.2 Å². The molecule has 0 amide bonds. The van der Waals surface area contributed by atoms with E-state index in [-0.39, 0.29) is 22.5 Å². The fourth-order valence-electron chi connectivity index (χ4n) is 8.54. The second-order valence-electron chi connectivity index (χ2n) is 11.7. The van der Waals surface area contributed by atoms with Gasteiger partial charge in [-0.15, -0.1) is 0 Å². The highest BCUT2D eigenvalue weighted by Crippen LogP contribution is 2.66. The number of ether oxygens (including phenoxy) is 2. The first-order valence-electron chi connectivity index (χ1n) is 13.5. The van der Waals surface area contributed by atoms with Gasteiger partial charge < -0.3 is 9.47 Å². The van der Waals surface area contributed by atoms with Crippen molar-refractivity contribution in [1.82, 2.24) is 0 Å². The number of carbonyl (C=O) groups is 2. The lowest BCUT2D eigenvalue weighted by atomic mass is 9.47. The van der Waals surface area contributed by atoms with Crippen molar-refractivity contribution in [1.29, 1.82) is 0 Å². The Hall–Kier alpha value is -2.36. The highest BCUT2D eigenvalue weighted by molar-refractivity contribution is 5.92. The number of fused-ring (bicyclic) bond motifs is 5. The van der Waals surface area contributed by atoms with Crippen molar-refractivity contribution < 1.29 is 19.1 Å². The number of allylic oxidation sites excluding steroid dienone is 4. The maximum atomic E-state index is 12.9. The van der Waals surface area contributed by atoms with Gasteiger partial charge in [0.25, 0.3) is 0 Å². The van der Waals surface area contributed by atoms with Crippen molar-refractivity contribution in [3.8, 4) is 11.5 Å². The zero-order valence-corrected chi connectivity index (χ0v) is 21.8. The minimum atomic E-state index is 0.0996. The predicted molar refractivity (Wildman–Crippen MR) is 138 cm³/mol. The molecule has 2 saturated carbocycles. The van der Waals surface area contributed by atoms with Crippen molar-refractivity contribution in [2.45, 2.75) is 71.6 Å². The third-order valence-electron chi connectivity index (χ3n) is 10.2. The normalized spacial score (nSPS) is 35.5. The molecule has 0 bridgehead atoms. The molecule has 0 spiro atoms. The Bertz CT molecular complexity index is 1050. The van der Waals surface area contributed by atoms with Gasteiger partial charge in [0.15, 0.2) is 5.78 Å². The van der Waals surface area contributed by atoms with Crippen LogP contribution >= 0.6 is 0 Å². The van der Waals surface area contributed by atoms with E-state index in [1.165, 1.54) is 11.1 Å². The monoisotopic (exact) mass is 476 g/mol. The van der Waals surface area contributed by atoms with Gasteiger partial charge in [0.2, 0.25) is 0 Å². The Morgan fingerprint density at radius 3 is 2.46 bits per heavy atom. The van der Waals surface area contributed by atoms with E-state index in [2.05, 4.69) is 31.2 Å². The summed E-state index contributed by atoms with van der Waals surface area (Å²) in [5.41, 5.74) is 2.68. The Balaban J connectivity index is 1.40. The summed E-state index contributed by atoms with van der Waals surface area (Å²) in [4.78, 5) is 25.0. The van der Waals surface area contributed by atoms with Gasteiger partial charge in [-0.1, -0.05) is 19.1 Å². The van der Waals surface area contributed by atoms with Crippen LogP contribution in [0.3, 0.4) is 0 Å². The summed E-state index contributed by atoms with van der Waals surface area (Å²) in [6.45, 7) is 4.21. The lowest BCUT2D eigenvalue weighted by molar-refractivity contribution is -0.128. The quantitative estimate of drug-likeness (QED) is 0.450. The summed E-state index contributed by atoms with van der Waals surface area (Å²) >= 11 is 0. The summed E-state index contributed by atoms with van der Waals surface area (Å²) < 4.78 is 10.9. The van der Waals surface area contributed by atoms with Crippen molar-refractivity contribution in [2.24, 2.45) is 34.5 Å². The van der Waals surface area contributed by atoms with Gasteiger partial charge in [0.1, 0.15) is 17.3 Å². The van der Waals surface area contributed by atoms with E-state index in [0.29, 0.717) is 30.0 Å². The number of ketones is 2. The van der Waals surface area contributed by atoms with E-state index in [1.54, 1.807) is 14.2 Å². The second kappa shape index (κ2) is 9.26. The van der Waals surface area contributed by atoms with Crippen LogP contribution in [0.2, 0.25) is 0 Å². The Kier molecular flexibility index (Phi) is 6.44. The van der Waals surface area contributed by atoms with Crippen molar-refractivity contribution in [3.63, 3.8) is 0 Å². The van der Waals surface area contributed by atoms with Gasteiger partial charge in [0, 0.05) is 18.4 Å². The number of methoxy groups -OCH3 is 2. The van der Waals surface area contributed by atoms with Crippen LogP contribution in [0.5, 0.6) is 11.5 Å². The molecule has 0 radical (unpaired) electrons. The van der Waals surface area contributed by atoms with Gasteiger partial charge in [0.05, 0.1) is 14.2 Å². The third kappa shape index (κ3) is 4.07. The molecule has 1 aromatic rings. The zero-order valence-electron chi connectivity index (χ0n) is 21.8. The number of benzene rings is 1. The van der Waals surface area contributed by atoms with E-state index in [1.807, 2.05) is 19.1 Å². The van der Waals surface area contributed by atoms with Gasteiger partial charge in [-0.2, -0.15) is 0 Å². The first kappa shape index (κ1) is 24.3. The molecule has 4 heteroatoms. The van der Waals surface area contributed by atoms with Crippen LogP contribution < -0.4 is 9.47 Å². The lowest BCUT2D eigenvalue weighted by Gasteiger charge is -2.57. The Morgan fingerprint density at radius 1 is 1.03 bits per heavy atom. The summed E-state index contributed by atoms with van der Waals surface area (Å²) in [5.74, 6) is 4.14. The molecule has 188 valence electrons. The van der Waals surface area contributed by atoms with Crippen molar-refractivity contribution >= 4 is 11.6 Å². The number of Topliss-reactive ketones (excluding diaryl/α,β-unsaturated/α-hetero) is 1. The second-order valence-corrected chi connectivity index (χ2v) is 11.7. The van der Waals surface area contributed by atoms with Crippen molar-refractivity contribution in [3.05, 3.63) is 47.6 Å². The standard InChI is InChI=1S/C31H40O4/c1-20(32)27-9-10-29-26-8-7-22-18-23(33)11-14-30(22,2)28(26)12-15-31(27,29)13-5-6-21-16-24(34-3)19-25(17-21)35-4/h7-8,16-19,26-29H,5-6,9-15H2,1-4H3/t26-,27-,28+,29+,30+,31-/m1/s1. The maximum Gasteiger partial charge on any atom is 0.156 e. The molecule has 0 unspecified atom stereocenters. The molecule has 0 heterocycles.